The maximum Gasteiger partial charge on any atom is 0.433 e. The van der Waals surface area contributed by atoms with E-state index in [-0.39, 0.29) is 74.1 Å². The molecule has 2 N–H and O–H groups in total. The molecule has 2 amide bonds. The van der Waals surface area contributed by atoms with Crippen molar-refractivity contribution in [2.45, 2.75) is 51.6 Å². The maximum atomic E-state index is 13.2. The summed E-state index contributed by atoms with van der Waals surface area (Å²) in [6.07, 6.45) is -4.64. The predicted octanol–water partition coefficient (Wildman–Crippen LogP) is 0.653. The summed E-state index contributed by atoms with van der Waals surface area (Å²) in [5.41, 5.74) is 5.40. The van der Waals surface area contributed by atoms with E-state index in [0.717, 1.165) is 0 Å². The molecule has 0 aliphatic carbocycles. The smallest absolute Gasteiger partial charge is 0.367 e. The number of morpholine rings is 1. The molecule has 3 rings (SSSR count). The zero-order valence-electron chi connectivity index (χ0n) is 16.3. The van der Waals surface area contributed by atoms with Gasteiger partial charge in [0.05, 0.1) is 18.3 Å². The summed E-state index contributed by atoms with van der Waals surface area (Å²) in [7, 11) is 0. The van der Waals surface area contributed by atoms with E-state index in [0.29, 0.717) is 6.54 Å². The van der Waals surface area contributed by atoms with Crippen molar-refractivity contribution in [1.29, 1.82) is 0 Å². The molecule has 0 unspecified atom stereocenters. The normalized spacial score (nSPS) is 21.2. The van der Waals surface area contributed by atoms with Crippen molar-refractivity contribution in [3.05, 3.63) is 22.8 Å². The number of halogens is 3. The Morgan fingerprint density at radius 3 is 2.79 bits per heavy atom. The monoisotopic (exact) mass is 415 g/mol. The van der Waals surface area contributed by atoms with E-state index in [9.17, 15) is 22.8 Å². The average molecular weight is 415 g/mol. The number of carbonyl (C=O) groups is 2. The minimum atomic E-state index is -4.56. The molecule has 0 radical (unpaired) electrons. The first-order valence-corrected chi connectivity index (χ1v) is 9.41. The number of carbonyl (C=O) groups excluding carboxylic acids is 2. The molecule has 11 heteroatoms. The van der Waals surface area contributed by atoms with E-state index in [4.69, 9.17) is 10.5 Å². The zero-order chi connectivity index (χ0) is 21.3. The highest BCUT2D eigenvalue weighted by atomic mass is 19.4. The summed E-state index contributed by atoms with van der Waals surface area (Å²) in [6.45, 7) is 4.00. The molecule has 0 spiro atoms. The Hall–Kier alpha value is -2.27. The Kier molecular flexibility index (Phi) is 6.08. The Balaban J connectivity index is 1.63. The van der Waals surface area contributed by atoms with E-state index < -0.39 is 17.9 Å². The lowest BCUT2D eigenvalue weighted by Crippen LogP contribution is -2.51. The molecule has 2 atom stereocenters. The summed E-state index contributed by atoms with van der Waals surface area (Å²) in [5, 5.41) is 0. The van der Waals surface area contributed by atoms with E-state index in [2.05, 4.69) is 9.97 Å². The predicted molar refractivity (Wildman–Crippen MR) is 95.5 cm³/mol. The van der Waals surface area contributed by atoms with Gasteiger partial charge in [-0.25, -0.2) is 9.97 Å². The Bertz CT molecular complexity index is 802. The number of amides is 2. The van der Waals surface area contributed by atoms with Crippen LogP contribution in [0.2, 0.25) is 0 Å². The fourth-order valence-corrected chi connectivity index (χ4v) is 3.65. The summed E-state index contributed by atoms with van der Waals surface area (Å²) in [6, 6.07) is -0.573. The Morgan fingerprint density at radius 2 is 2.10 bits per heavy atom. The second-order valence-electron chi connectivity index (χ2n) is 7.49. The zero-order valence-corrected chi connectivity index (χ0v) is 16.3. The number of rotatable bonds is 4. The lowest BCUT2D eigenvalue weighted by molar-refractivity contribution is -0.148. The van der Waals surface area contributed by atoms with Crippen molar-refractivity contribution in [2.75, 3.05) is 26.2 Å². The fraction of sp³-hybridized carbons (Fsp3) is 0.667. The first-order valence-electron chi connectivity index (χ1n) is 9.41. The van der Waals surface area contributed by atoms with Crippen LogP contribution in [0.3, 0.4) is 0 Å². The molecular formula is C18H24F3N5O3. The minimum Gasteiger partial charge on any atom is -0.367 e. The highest BCUT2D eigenvalue weighted by molar-refractivity contribution is 5.79. The van der Waals surface area contributed by atoms with Gasteiger partial charge in [-0.15, -0.1) is 0 Å². The van der Waals surface area contributed by atoms with Gasteiger partial charge < -0.3 is 20.3 Å². The largest absolute Gasteiger partial charge is 0.433 e. The van der Waals surface area contributed by atoms with E-state index in [1.54, 1.807) is 4.90 Å². The average Bonchev–Trinajstić information content (AvgIpc) is 2.62. The van der Waals surface area contributed by atoms with E-state index in [1.165, 1.54) is 11.8 Å². The van der Waals surface area contributed by atoms with Crippen LogP contribution in [0.15, 0.2) is 0 Å². The highest BCUT2D eigenvalue weighted by Gasteiger charge is 2.39. The van der Waals surface area contributed by atoms with Crippen molar-refractivity contribution in [2.24, 2.45) is 5.73 Å². The first-order chi connectivity index (χ1) is 13.5. The van der Waals surface area contributed by atoms with Crippen LogP contribution in [0.4, 0.5) is 13.2 Å². The third kappa shape index (κ3) is 5.02. The SMILES string of the molecule is Cc1nc2c(c(C(F)(F)F)n1)CCN(C(=O)C[C@H](N)CN1C[C@H](C)OCC1=O)C2. The van der Waals surface area contributed by atoms with Gasteiger partial charge in [0, 0.05) is 37.7 Å². The second-order valence-corrected chi connectivity index (χ2v) is 7.49. The molecule has 1 fully saturated rings. The quantitative estimate of drug-likeness (QED) is 0.775. The summed E-state index contributed by atoms with van der Waals surface area (Å²) in [5.74, 6) is -0.437. The molecule has 1 aromatic rings. The number of aryl methyl sites for hydroxylation is 1. The van der Waals surface area contributed by atoms with Gasteiger partial charge in [0.15, 0.2) is 5.69 Å². The molecule has 0 saturated carbocycles. The lowest BCUT2D eigenvalue weighted by atomic mass is 10.0. The molecule has 29 heavy (non-hydrogen) atoms. The van der Waals surface area contributed by atoms with Crippen molar-refractivity contribution < 1.29 is 27.5 Å². The summed E-state index contributed by atoms with van der Waals surface area (Å²) in [4.78, 5) is 35.2. The van der Waals surface area contributed by atoms with Gasteiger partial charge in [-0.05, 0) is 20.3 Å². The molecule has 1 aromatic heterocycles. The number of ether oxygens (including phenoxy) is 1. The van der Waals surface area contributed by atoms with Gasteiger partial charge >= 0.3 is 6.18 Å². The van der Waals surface area contributed by atoms with Gasteiger partial charge in [0.1, 0.15) is 12.4 Å². The Labute approximate surface area is 166 Å². The third-order valence-corrected chi connectivity index (χ3v) is 5.01. The highest BCUT2D eigenvalue weighted by Crippen LogP contribution is 2.33. The number of aromatic nitrogens is 2. The second kappa shape index (κ2) is 8.23. The first kappa shape index (κ1) is 21.4. The topological polar surface area (TPSA) is 102 Å². The van der Waals surface area contributed by atoms with Crippen LogP contribution in [0.1, 0.15) is 36.1 Å². The summed E-state index contributed by atoms with van der Waals surface area (Å²) >= 11 is 0. The number of alkyl halides is 3. The van der Waals surface area contributed by atoms with Gasteiger partial charge in [0.2, 0.25) is 11.8 Å². The van der Waals surface area contributed by atoms with Gasteiger partial charge in [-0.2, -0.15) is 13.2 Å². The van der Waals surface area contributed by atoms with Crippen LogP contribution in [0.25, 0.3) is 0 Å². The molecule has 2 aliphatic rings. The van der Waals surface area contributed by atoms with Gasteiger partial charge in [0.25, 0.3) is 0 Å². The van der Waals surface area contributed by atoms with Crippen LogP contribution in [-0.4, -0.2) is 70.0 Å². The lowest BCUT2D eigenvalue weighted by Gasteiger charge is -2.34. The van der Waals surface area contributed by atoms with Crippen molar-refractivity contribution in [3.8, 4) is 0 Å². The van der Waals surface area contributed by atoms with E-state index in [1.807, 2.05) is 6.92 Å². The minimum absolute atomic E-state index is 0.00859. The van der Waals surface area contributed by atoms with E-state index >= 15 is 0 Å². The molecule has 0 aromatic carbocycles. The number of hydrogen-bond acceptors (Lipinski definition) is 6. The number of fused-ring (bicyclic) bond motifs is 1. The van der Waals surface area contributed by atoms with Crippen molar-refractivity contribution in [3.63, 3.8) is 0 Å². The maximum absolute atomic E-state index is 13.2. The molecule has 8 nitrogen and oxygen atoms in total. The Morgan fingerprint density at radius 1 is 1.38 bits per heavy atom. The molecule has 160 valence electrons. The molecule has 2 aliphatic heterocycles. The molecule has 1 saturated heterocycles. The van der Waals surface area contributed by atoms with Crippen molar-refractivity contribution in [1.82, 2.24) is 19.8 Å². The van der Waals surface area contributed by atoms with Crippen LogP contribution in [0, 0.1) is 6.92 Å². The number of nitrogens with zero attached hydrogens (tertiary/aromatic N) is 4. The number of hydrogen-bond donors (Lipinski definition) is 1. The van der Waals surface area contributed by atoms with Crippen LogP contribution in [0.5, 0.6) is 0 Å². The van der Waals surface area contributed by atoms with Gasteiger partial charge in [-0.3, -0.25) is 9.59 Å². The molecule has 0 bridgehead atoms. The van der Waals surface area contributed by atoms with Crippen molar-refractivity contribution >= 4 is 11.8 Å². The van der Waals surface area contributed by atoms with Gasteiger partial charge in [-0.1, -0.05) is 0 Å². The standard InChI is InChI=1S/C18H24F3N5O3/c1-10-6-26(16(28)9-29-10)7-12(22)5-15(27)25-4-3-13-14(8-25)23-11(2)24-17(13)18(19,20)21/h10,12H,3-9,22H2,1-2H3/t10-,12-/m0/s1. The number of nitrogens with two attached hydrogens (primary N) is 1. The van der Waals surface area contributed by atoms with Crippen LogP contribution in [-0.2, 0) is 33.5 Å². The summed E-state index contributed by atoms with van der Waals surface area (Å²) < 4.78 is 45.0. The van der Waals surface area contributed by atoms with Crippen LogP contribution >= 0.6 is 0 Å². The molecule has 3 heterocycles. The van der Waals surface area contributed by atoms with Crippen LogP contribution < -0.4 is 5.73 Å². The molecular weight excluding hydrogens is 391 g/mol. The third-order valence-electron chi connectivity index (χ3n) is 5.01. The fourth-order valence-electron chi connectivity index (χ4n) is 3.65.